The molecule has 2 aromatic rings. The van der Waals surface area contributed by atoms with E-state index in [-0.39, 0.29) is 41.6 Å². The summed E-state index contributed by atoms with van der Waals surface area (Å²) in [6.45, 7) is 4.15. The van der Waals surface area contributed by atoms with Crippen LogP contribution in [0.15, 0.2) is 36.5 Å². The average molecular weight is 518 g/mol. The van der Waals surface area contributed by atoms with Gasteiger partial charge in [0, 0.05) is 67.7 Å². The van der Waals surface area contributed by atoms with Crippen LogP contribution in [0.3, 0.4) is 0 Å². The molecule has 2 atom stereocenters. The highest BCUT2D eigenvalue weighted by molar-refractivity contribution is 6.30. The summed E-state index contributed by atoms with van der Waals surface area (Å²) in [6, 6.07) is 6.91. The number of likely N-dealkylation sites (tertiary alicyclic amines) is 2. The van der Waals surface area contributed by atoms with Gasteiger partial charge >= 0.3 is 0 Å². The zero-order chi connectivity index (χ0) is 25.4. The smallest absolute Gasteiger partial charge is 0.228 e. The topological polar surface area (TPSA) is 62.7 Å². The third-order valence-corrected chi connectivity index (χ3v) is 8.13. The number of rotatable bonds is 6. The van der Waals surface area contributed by atoms with Crippen LogP contribution < -0.4 is 4.74 Å². The number of piperidine rings is 1. The van der Waals surface area contributed by atoms with Crippen molar-refractivity contribution in [2.24, 2.45) is 17.3 Å². The summed E-state index contributed by atoms with van der Waals surface area (Å²) in [5.74, 6) is -1.33. The number of carbonyl (C=O) groups excluding carboxylic acids is 2. The van der Waals surface area contributed by atoms with Crippen molar-refractivity contribution in [1.82, 2.24) is 14.8 Å². The summed E-state index contributed by atoms with van der Waals surface area (Å²) < 4.78 is 34.2. The van der Waals surface area contributed by atoms with Crippen LogP contribution in [0.25, 0.3) is 0 Å². The Morgan fingerprint density at radius 2 is 1.86 bits per heavy atom. The second-order valence-electron chi connectivity index (χ2n) is 10.5. The Hall–Kier alpha value is -2.74. The Labute approximate surface area is 214 Å². The van der Waals surface area contributed by atoms with E-state index in [1.807, 2.05) is 11.8 Å². The largest absolute Gasteiger partial charge is 0.477 e. The van der Waals surface area contributed by atoms with Gasteiger partial charge in [0.1, 0.15) is 11.6 Å². The maximum atomic E-state index is 14.7. The normalized spacial score (nSPS) is 23.6. The fourth-order valence-electron chi connectivity index (χ4n) is 5.39. The van der Waals surface area contributed by atoms with Gasteiger partial charge in [0.15, 0.2) is 0 Å². The highest BCUT2D eigenvalue weighted by atomic mass is 35.5. The first kappa shape index (κ1) is 24.9. The number of hydrogen-bond donors (Lipinski definition) is 0. The minimum Gasteiger partial charge on any atom is -0.477 e. The molecule has 0 spiro atoms. The van der Waals surface area contributed by atoms with Gasteiger partial charge in [-0.05, 0) is 43.4 Å². The lowest BCUT2D eigenvalue weighted by atomic mass is 9.89. The lowest BCUT2D eigenvalue weighted by molar-refractivity contribution is -0.142. The Morgan fingerprint density at radius 3 is 2.50 bits per heavy atom. The lowest BCUT2D eigenvalue weighted by Crippen LogP contribution is -2.45. The van der Waals surface area contributed by atoms with E-state index in [0.717, 1.165) is 18.9 Å². The number of ether oxygens (including phenoxy) is 1. The fourth-order valence-corrected chi connectivity index (χ4v) is 5.50. The molecule has 192 valence electrons. The van der Waals surface area contributed by atoms with Gasteiger partial charge in [0.05, 0.1) is 11.6 Å². The molecule has 1 aromatic carbocycles. The molecule has 1 saturated carbocycles. The predicted molar refractivity (Wildman–Crippen MR) is 131 cm³/mol. The number of amides is 2. The van der Waals surface area contributed by atoms with Crippen molar-refractivity contribution in [1.29, 1.82) is 0 Å². The molecule has 3 fully saturated rings. The molecule has 6 nitrogen and oxygen atoms in total. The molecule has 36 heavy (non-hydrogen) atoms. The summed E-state index contributed by atoms with van der Waals surface area (Å²) in [7, 11) is 0. The maximum Gasteiger partial charge on any atom is 0.228 e. The van der Waals surface area contributed by atoms with Crippen molar-refractivity contribution in [3.63, 3.8) is 0 Å². The summed E-state index contributed by atoms with van der Waals surface area (Å²) in [5.41, 5.74) is 0.173. The van der Waals surface area contributed by atoms with Crippen LogP contribution in [0, 0.1) is 28.9 Å². The van der Waals surface area contributed by atoms with Gasteiger partial charge in [0.2, 0.25) is 17.7 Å². The number of benzene rings is 1. The molecule has 2 amide bonds. The highest BCUT2D eigenvalue weighted by Gasteiger charge is 2.48. The van der Waals surface area contributed by atoms with Gasteiger partial charge in [-0.2, -0.15) is 0 Å². The summed E-state index contributed by atoms with van der Waals surface area (Å²) in [5, 5.41) is 0.491. The number of pyridine rings is 1. The molecular formula is C27H30ClF2N3O3. The maximum absolute atomic E-state index is 14.7. The molecule has 1 aromatic heterocycles. The first-order valence-electron chi connectivity index (χ1n) is 12.5. The molecule has 0 radical (unpaired) electrons. The van der Waals surface area contributed by atoms with Crippen molar-refractivity contribution in [3.8, 4) is 5.88 Å². The van der Waals surface area contributed by atoms with E-state index >= 15 is 0 Å². The summed E-state index contributed by atoms with van der Waals surface area (Å²) in [4.78, 5) is 33.9. The second-order valence-corrected chi connectivity index (χ2v) is 11.0. The third kappa shape index (κ3) is 5.19. The number of aromatic nitrogens is 1. The molecule has 1 aliphatic carbocycles. The second kappa shape index (κ2) is 9.96. The standard InChI is InChI=1S/C27H30ClF2N3O3/c1-27(8-9-27)26(35)32-10-6-17(7-11-32)25(34)33-14-18(16-36-24-5-2-19(28)13-31-24)22(15-33)21-4-3-20(29)12-23(21)30/h2-5,12-13,17-18,22H,6-11,14-16H2,1H3/t18?,22-/m0/s1. The monoisotopic (exact) mass is 517 g/mol. The summed E-state index contributed by atoms with van der Waals surface area (Å²) >= 11 is 5.90. The van der Waals surface area contributed by atoms with E-state index in [1.165, 1.54) is 18.3 Å². The van der Waals surface area contributed by atoms with Gasteiger partial charge in [-0.25, -0.2) is 13.8 Å². The molecule has 0 N–H and O–H groups in total. The van der Waals surface area contributed by atoms with E-state index in [0.29, 0.717) is 55.5 Å². The van der Waals surface area contributed by atoms with Gasteiger partial charge in [-0.15, -0.1) is 0 Å². The number of hydrogen-bond acceptors (Lipinski definition) is 4. The van der Waals surface area contributed by atoms with Crippen molar-refractivity contribution in [3.05, 3.63) is 58.7 Å². The van der Waals surface area contributed by atoms with Crippen LogP contribution in [-0.2, 0) is 9.59 Å². The van der Waals surface area contributed by atoms with Crippen molar-refractivity contribution in [2.45, 2.75) is 38.5 Å². The fraction of sp³-hybridized carbons (Fsp3) is 0.519. The SMILES string of the molecule is CC1(C(=O)N2CCC(C(=O)N3CC(COc4ccc(Cl)cn4)[C@@H](c4ccc(F)cc4F)C3)CC2)CC1. The first-order chi connectivity index (χ1) is 17.2. The summed E-state index contributed by atoms with van der Waals surface area (Å²) in [6.07, 6.45) is 4.62. The Kier molecular flexibility index (Phi) is 6.90. The van der Waals surface area contributed by atoms with Gasteiger partial charge in [-0.3, -0.25) is 9.59 Å². The lowest BCUT2D eigenvalue weighted by Gasteiger charge is -2.34. The Bertz CT molecular complexity index is 1130. The predicted octanol–water partition coefficient (Wildman–Crippen LogP) is 4.67. The van der Waals surface area contributed by atoms with E-state index in [1.54, 1.807) is 17.0 Å². The van der Waals surface area contributed by atoms with Crippen molar-refractivity contribution >= 4 is 23.4 Å². The highest BCUT2D eigenvalue weighted by Crippen LogP contribution is 2.47. The van der Waals surface area contributed by atoms with Crippen LogP contribution in [0.1, 0.15) is 44.1 Å². The van der Waals surface area contributed by atoms with Gasteiger partial charge < -0.3 is 14.5 Å². The van der Waals surface area contributed by atoms with Crippen LogP contribution >= 0.6 is 11.6 Å². The van der Waals surface area contributed by atoms with Gasteiger partial charge in [-0.1, -0.05) is 24.6 Å². The number of nitrogens with zero attached hydrogens (tertiary/aromatic N) is 3. The zero-order valence-corrected chi connectivity index (χ0v) is 21.0. The molecule has 3 heterocycles. The van der Waals surface area contributed by atoms with E-state index in [9.17, 15) is 18.4 Å². The minimum atomic E-state index is -0.637. The van der Waals surface area contributed by atoms with Crippen LogP contribution in [-0.4, -0.2) is 59.4 Å². The number of halogens is 3. The molecular weight excluding hydrogens is 488 g/mol. The Balaban J connectivity index is 1.26. The molecule has 0 bridgehead atoms. The van der Waals surface area contributed by atoms with Gasteiger partial charge in [0.25, 0.3) is 0 Å². The van der Waals surface area contributed by atoms with Crippen LogP contribution in [0.2, 0.25) is 5.02 Å². The molecule has 9 heteroatoms. The average Bonchev–Trinajstić information content (AvgIpc) is 3.49. The van der Waals surface area contributed by atoms with Crippen LogP contribution in [0.5, 0.6) is 5.88 Å². The molecule has 2 saturated heterocycles. The van der Waals surface area contributed by atoms with Crippen molar-refractivity contribution < 1.29 is 23.1 Å². The molecule has 5 rings (SSSR count). The molecule has 2 aliphatic heterocycles. The van der Waals surface area contributed by atoms with E-state index in [4.69, 9.17) is 16.3 Å². The Morgan fingerprint density at radius 1 is 1.11 bits per heavy atom. The number of carbonyl (C=O) groups is 2. The quantitative estimate of drug-likeness (QED) is 0.558. The van der Waals surface area contributed by atoms with E-state index < -0.39 is 11.6 Å². The molecule has 1 unspecified atom stereocenters. The first-order valence-corrected chi connectivity index (χ1v) is 12.9. The molecule has 3 aliphatic rings. The van der Waals surface area contributed by atoms with E-state index in [2.05, 4.69) is 4.98 Å². The minimum absolute atomic E-state index is 0.0272. The van der Waals surface area contributed by atoms with Crippen LogP contribution in [0.4, 0.5) is 8.78 Å². The third-order valence-electron chi connectivity index (χ3n) is 7.91. The zero-order valence-electron chi connectivity index (χ0n) is 20.3. The van der Waals surface area contributed by atoms with Crippen molar-refractivity contribution in [2.75, 3.05) is 32.8 Å².